The summed E-state index contributed by atoms with van der Waals surface area (Å²) < 4.78 is 26.6. The Kier molecular flexibility index (Phi) is 8.41. The van der Waals surface area contributed by atoms with E-state index in [1.54, 1.807) is 45.5 Å². The van der Waals surface area contributed by atoms with Gasteiger partial charge in [0.1, 0.15) is 6.61 Å². The van der Waals surface area contributed by atoms with E-state index in [9.17, 15) is 4.79 Å². The normalized spacial score (nSPS) is 12.1. The van der Waals surface area contributed by atoms with Gasteiger partial charge in [0.2, 0.25) is 11.7 Å². The number of hydrogen-bond donors (Lipinski definition) is 0. The number of carbonyl (C=O) groups is 1. The van der Waals surface area contributed by atoms with Crippen LogP contribution >= 0.6 is 0 Å². The fourth-order valence-electron chi connectivity index (χ4n) is 3.28. The number of benzene rings is 3. The SMILES string of the molecule is COc1cc(N2CCC2=O)cc(OC)c1OC.COc1ccccc1OCc1ccccc1. The van der Waals surface area contributed by atoms with Gasteiger partial charge in [0.25, 0.3) is 0 Å². The third-order valence-electron chi connectivity index (χ3n) is 5.12. The third-order valence-corrected chi connectivity index (χ3v) is 5.12. The Bertz CT molecular complexity index is 1030. The van der Waals surface area contributed by atoms with Crippen molar-refractivity contribution < 1.29 is 28.5 Å². The van der Waals surface area contributed by atoms with Gasteiger partial charge in [0.15, 0.2) is 23.0 Å². The molecule has 0 atom stereocenters. The monoisotopic (exact) mass is 451 g/mol. The molecule has 3 aromatic rings. The maximum atomic E-state index is 11.4. The minimum Gasteiger partial charge on any atom is -0.493 e. The Labute approximate surface area is 194 Å². The topological polar surface area (TPSA) is 66.5 Å². The van der Waals surface area contributed by atoms with Crippen molar-refractivity contribution in [3.8, 4) is 28.7 Å². The average Bonchev–Trinajstić information content (AvgIpc) is 2.87. The number of anilines is 1. The van der Waals surface area contributed by atoms with E-state index in [2.05, 4.69) is 0 Å². The molecule has 1 fully saturated rings. The summed E-state index contributed by atoms with van der Waals surface area (Å²) in [5, 5.41) is 0. The van der Waals surface area contributed by atoms with E-state index < -0.39 is 0 Å². The van der Waals surface area contributed by atoms with Crippen LogP contribution in [0, 0.1) is 0 Å². The lowest BCUT2D eigenvalue weighted by Gasteiger charge is -2.31. The van der Waals surface area contributed by atoms with Gasteiger partial charge in [0, 0.05) is 25.1 Å². The number of rotatable bonds is 8. The fourth-order valence-corrected chi connectivity index (χ4v) is 3.28. The highest BCUT2D eigenvalue weighted by Gasteiger charge is 2.27. The van der Waals surface area contributed by atoms with Gasteiger partial charge >= 0.3 is 0 Å². The lowest BCUT2D eigenvalue weighted by atomic mass is 10.1. The van der Waals surface area contributed by atoms with Gasteiger partial charge in [0.05, 0.1) is 34.1 Å². The average molecular weight is 452 g/mol. The number of amides is 1. The first-order chi connectivity index (χ1) is 16.1. The molecule has 0 aliphatic carbocycles. The van der Waals surface area contributed by atoms with Crippen molar-refractivity contribution >= 4 is 11.6 Å². The second-order valence-corrected chi connectivity index (χ2v) is 7.10. The van der Waals surface area contributed by atoms with Crippen LogP contribution in [0.25, 0.3) is 0 Å². The zero-order chi connectivity index (χ0) is 23.6. The predicted octanol–water partition coefficient (Wildman–Crippen LogP) is 4.72. The summed E-state index contributed by atoms with van der Waals surface area (Å²) in [5.74, 6) is 3.29. The molecule has 0 bridgehead atoms. The van der Waals surface area contributed by atoms with Gasteiger partial charge in [-0.2, -0.15) is 0 Å². The molecule has 1 aliphatic heterocycles. The van der Waals surface area contributed by atoms with E-state index in [4.69, 9.17) is 23.7 Å². The van der Waals surface area contributed by atoms with Crippen LogP contribution in [-0.2, 0) is 11.4 Å². The summed E-state index contributed by atoms with van der Waals surface area (Å²) in [5.41, 5.74) is 1.92. The van der Waals surface area contributed by atoms with E-state index in [0.717, 1.165) is 29.3 Å². The van der Waals surface area contributed by atoms with Crippen LogP contribution in [0.4, 0.5) is 5.69 Å². The van der Waals surface area contributed by atoms with Gasteiger partial charge in [-0.15, -0.1) is 0 Å². The van der Waals surface area contributed by atoms with E-state index >= 15 is 0 Å². The Morgan fingerprint density at radius 1 is 0.727 bits per heavy atom. The van der Waals surface area contributed by atoms with Crippen LogP contribution in [0.15, 0.2) is 66.7 Å². The molecule has 7 nitrogen and oxygen atoms in total. The zero-order valence-electron chi connectivity index (χ0n) is 19.4. The Balaban J connectivity index is 0.000000186. The Hall–Kier alpha value is -3.87. The molecule has 0 N–H and O–H groups in total. The molecule has 174 valence electrons. The molecule has 33 heavy (non-hydrogen) atoms. The lowest BCUT2D eigenvalue weighted by Crippen LogP contribution is -2.43. The summed E-state index contributed by atoms with van der Waals surface area (Å²) in [7, 11) is 6.30. The minimum absolute atomic E-state index is 0.110. The number of para-hydroxylation sites is 2. The molecule has 1 aliphatic rings. The first kappa shape index (κ1) is 23.8. The van der Waals surface area contributed by atoms with Crippen LogP contribution in [0.1, 0.15) is 12.0 Å². The van der Waals surface area contributed by atoms with E-state index in [0.29, 0.717) is 30.3 Å². The first-order valence-electron chi connectivity index (χ1n) is 10.5. The number of hydrogen-bond acceptors (Lipinski definition) is 6. The maximum absolute atomic E-state index is 11.4. The largest absolute Gasteiger partial charge is 0.493 e. The fraction of sp³-hybridized carbons (Fsp3) is 0.269. The summed E-state index contributed by atoms with van der Waals surface area (Å²) in [6.07, 6.45) is 0.594. The number of carbonyl (C=O) groups excluding carboxylic acids is 1. The molecule has 3 aromatic carbocycles. The molecule has 0 radical (unpaired) electrons. The molecule has 0 spiro atoms. The van der Waals surface area contributed by atoms with E-state index in [-0.39, 0.29) is 5.91 Å². The van der Waals surface area contributed by atoms with Crippen LogP contribution in [0.5, 0.6) is 28.7 Å². The van der Waals surface area contributed by atoms with Crippen LogP contribution in [0.2, 0.25) is 0 Å². The number of methoxy groups -OCH3 is 4. The van der Waals surface area contributed by atoms with Gasteiger partial charge in [-0.05, 0) is 17.7 Å². The molecular formula is C26H29NO6. The molecule has 0 aromatic heterocycles. The van der Waals surface area contributed by atoms with Crippen molar-refractivity contribution in [2.24, 2.45) is 0 Å². The molecule has 1 amide bonds. The number of nitrogens with zero attached hydrogens (tertiary/aromatic N) is 1. The number of β-lactam (4-membered cyclic amide) rings is 1. The quantitative estimate of drug-likeness (QED) is 0.462. The van der Waals surface area contributed by atoms with Gasteiger partial charge in [-0.25, -0.2) is 0 Å². The lowest BCUT2D eigenvalue weighted by molar-refractivity contribution is -0.122. The minimum atomic E-state index is 0.110. The van der Waals surface area contributed by atoms with Crippen molar-refractivity contribution in [1.82, 2.24) is 0 Å². The summed E-state index contributed by atoms with van der Waals surface area (Å²) in [4.78, 5) is 13.1. The highest BCUT2D eigenvalue weighted by molar-refractivity contribution is 5.99. The van der Waals surface area contributed by atoms with Gasteiger partial charge in [-0.1, -0.05) is 42.5 Å². The predicted molar refractivity (Wildman–Crippen MR) is 127 cm³/mol. The Morgan fingerprint density at radius 3 is 1.79 bits per heavy atom. The summed E-state index contributed by atoms with van der Waals surface area (Å²) in [6.45, 7) is 1.29. The molecule has 1 saturated heterocycles. The van der Waals surface area contributed by atoms with E-state index in [1.807, 2.05) is 54.6 Å². The van der Waals surface area contributed by atoms with E-state index in [1.165, 1.54) is 0 Å². The van der Waals surface area contributed by atoms with Crippen molar-refractivity contribution in [3.63, 3.8) is 0 Å². The smallest absolute Gasteiger partial charge is 0.228 e. The highest BCUT2D eigenvalue weighted by atomic mass is 16.5. The summed E-state index contributed by atoms with van der Waals surface area (Å²) in [6, 6.07) is 21.3. The van der Waals surface area contributed by atoms with Crippen LogP contribution in [0.3, 0.4) is 0 Å². The van der Waals surface area contributed by atoms with Crippen molar-refractivity contribution in [3.05, 3.63) is 72.3 Å². The Morgan fingerprint density at radius 2 is 1.30 bits per heavy atom. The van der Waals surface area contributed by atoms with Crippen molar-refractivity contribution in [1.29, 1.82) is 0 Å². The summed E-state index contributed by atoms with van der Waals surface area (Å²) >= 11 is 0. The maximum Gasteiger partial charge on any atom is 0.228 e. The standard InChI is InChI=1S/C14H14O2.C12H15NO4/c1-15-13-9-5-6-10-14(13)16-11-12-7-3-2-4-8-12;1-15-9-6-8(13-5-4-11(13)14)7-10(16-2)12(9)17-3/h2-10H,11H2,1H3;6-7H,4-5H2,1-3H3. The van der Waals surface area contributed by atoms with Gasteiger partial charge in [-0.3, -0.25) is 4.79 Å². The molecule has 4 rings (SSSR count). The first-order valence-corrected chi connectivity index (χ1v) is 10.5. The zero-order valence-corrected chi connectivity index (χ0v) is 19.4. The van der Waals surface area contributed by atoms with Crippen molar-refractivity contribution in [2.75, 3.05) is 39.9 Å². The third kappa shape index (κ3) is 5.88. The molecule has 1 heterocycles. The molecular weight excluding hydrogens is 422 g/mol. The second-order valence-electron chi connectivity index (χ2n) is 7.10. The van der Waals surface area contributed by atoms with Gasteiger partial charge < -0.3 is 28.6 Å². The van der Waals surface area contributed by atoms with Crippen molar-refractivity contribution in [2.45, 2.75) is 13.0 Å². The molecule has 0 saturated carbocycles. The van der Waals surface area contributed by atoms with Crippen LogP contribution in [-0.4, -0.2) is 40.9 Å². The molecule has 7 heteroatoms. The highest BCUT2D eigenvalue weighted by Crippen LogP contribution is 2.41. The molecule has 0 unspecified atom stereocenters. The number of ether oxygens (including phenoxy) is 5. The second kappa shape index (κ2) is 11.7. The van der Waals surface area contributed by atoms with Crippen LogP contribution < -0.4 is 28.6 Å².